The van der Waals surface area contributed by atoms with Crippen molar-refractivity contribution in [2.24, 2.45) is 7.05 Å². The number of aromatic nitrogens is 4. The molecule has 4 rings (SSSR count). The molecule has 2 aromatic heterocycles. The van der Waals surface area contributed by atoms with Crippen LogP contribution in [-0.2, 0) is 7.05 Å². The predicted molar refractivity (Wildman–Crippen MR) is 87.6 cm³/mol. The van der Waals surface area contributed by atoms with Gasteiger partial charge in [-0.25, -0.2) is 9.97 Å². The van der Waals surface area contributed by atoms with Crippen molar-refractivity contribution in [2.75, 3.05) is 18.0 Å². The zero-order chi connectivity index (χ0) is 14.9. The van der Waals surface area contributed by atoms with E-state index in [1.54, 1.807) is 11.0 Å². The van der Waals surface area contributed by atoms with Crippen LogP contribution in [0.1, 0.15) is 12.0 Å². The standard InChI is InChI=1S/C17H17N5/c1-21-16-15(11-20-21)17(19-12-18-16)22-9-7-14(8-10-22)13-5-3-2-4-6-13/h2-7,11-12H,8-10H2,1H3. The van der Waals surface area contributed by atoms with Gasteiger partial charge in [0.25, 0.3) is 0 Å². The predicted octanol–water partition coefficient (Wildman–Crippen LogP) is 2.66. The van der Waals surface area contributed by atoms with E-state index in [4.69, 9.17) is 0 Å². The molecule has 1 aliphatic rings. The summed E-state index contributed by atoms with van der Waals surface area (Å²) in [5.41, 5.74) is 3.60. The maximum Gasteiger partial charge on any atom is 0.163 e. The van der Waals surface area contributed by atoms with Crippen LogP contribution in [0, 0.1) is 0 Å². The first-order chi connectivity index (χ1) is 10.8. The molecule has 3 heterocycles. The van der Waals surface area contributed by atoms with Crippen LogP contribution in [-0.4, -0.2) is 32.8 Å². The van der Waals surface area contributed by atoms with Crippen LogP contribution in [0.3, 0.4) is 0 Å². The second kappa shape index (κ2) is 5.26. The molecule has 0 unspecified atom stereocenters. The first-order valence-electron chi connectivity index (χ1n) is 7.45. The molecule has 22 heavy (non-hydrogen) atoms. The minimum Gasteiger partial charge on any atom is -0.352 e. The molecular weight excluding hydrogens is 274 g/mol. The van der Waals surface area contributed by atoms with Crippen molar-refractivity contribution in [2.45, 2.75) is 6.42 Å². The lowest BCUT2D eigenvalue weighted by Gasteiger charge is -2.27. The molecule has 0 amide bonds. The molecule has 1 aliphatic heterocycles. The molecule has 0 fully saturated rings. The molecule has 5 heteroatoms. The average molecular weight is 291 g/mol. The van der Waals surface area contributed by atoms with Crippen LogP contribution in [0.5, 0.6) is 0 Å². The fourth-order valence-corrected chi connectivity index (χ4v) is 2.98. The molecule has 110 valence electrons. The van der Waals surface area contributed by atoms with E-state index in [2.05, 4.69) is 56.4 Å². The lowest BCUT2D eigenvalue weighted by molar-refractivity contribution is 0.784. The zero-order valence-corrected chi connectivity index (χ0v) is 12.5. The van der Waals surface area contributed by atoms with Gasteiger partial charge in [0.1, 0.15) is 12.1 Å². The van der Waals surface area contributed by atoms with Crippen molar-refractivity contribution >= 4 is 22.4 Å². The van der Waals surface area contributed by atoms with Gasteiger partial charge >= 0.3 is 0 Å². The van der Waals surface area contributed by atoms with Gasteiger partial charge in [0.15, 0.2) is 5.65 Å². The van der Waals surface area contributed by atoms with Crippen molar-refractivity contribution < 1.29 is 0 Å². The summed E-state index contributed by atoms with van der Waals surface area (Å²) in [5, 5.41) is 5.30. The number of nitrogens with zero attached hydrogens (tertiary/aromatic N) is 5. The van der Waals surface area contributed by atoms with E-state index in [-0.39, 0.29) is 0 Å². The van der Waals surface area contributed by atoms with Crippen LogP contribution >= 0.6 is 0 Å². The highest BCUT2D eigenvalue weighted by atomic mass is 15.3. The summed E-state index contributed by atoms with van der Waals surface area (Å²) in [6.07, 6.45) is 6.79. The molecule has 3 aromatic rings. The van der Waals surface area contributed by atoms with Crippen molar-refractivity contribution in [3.05, 3.63) is 54.5 Å². The largest absolute Gasteiger partial charge is 0.352 e. The highest BCUT2D eigenvalue weighted by molar-refractivity contribution is 5.87. The Kier molecular flexibility index (Phi) is 3.11. The van der Waals surface area contributed by atoms with E-state index in [9.17, 15) is 0 Å². The number of fused-ring (bicyclic) bond motifs is 1. The molecule has 0 bridgehead atoms. The molecule has 0 atom stereocenters. The fraction of sp³-hybridized carbons (Fsp3) is 0.235. The molecule has 0 spiro atoms. The van der Waals surface area contributed by atoms with Crippen LogP contribution < -0.4 is 4.90 Å². The molecule has 0 aliphatic carbocycles. The Morgan fingerprint density at radius 3 is 2.73 bits per heavy atom. The van der Waals surface area contributed by atoms with Crippen molar-refractivity contribution in [1.82, 2.24) is 19.7 Å². The normalized spacial score (nSPS) is 15.1. The number of rotatable bonds is 2. The smallest absolute Gasteiger partial charge is 0.163 e. The second-order valence-electron chi connectivity index (χ2n) is 5.49. The second-order valence-corrected chi connectivity index (χ2v) is 5.49. The number of hydrogen-bond donors (Lipinski definition) is 0. The Hall–Kier alpha value is -2.69. The van der Waals surface area contributed by atoms with Crippen molar-refractivity contribution in [3.8, 4) is 0 Å². The Morgan fingerprint density at radius 2 is 1.95 bits per heavy atom. The Labute approximate surface area is 128 Å². The van der Waals surface area contributed by atoms with E-state index in [0.29, 0.717) is 0 Å². The fourth-order valence-electron chi connectivity index (χ4n) is 2.98. The summed E-state index contributed by atoms with van der Waals surface area (Å²) in [4.78, 5) is 11.1. The number of hydrogen-bond acceptors (Lipinski definition) is 4. The van der Waals surface area contributed by atoms with Gasteiger partial charge in [0.05, 0.1) is 11.6 Å². The average Bonchev–Trinajstić information content (AvgIpc) is 2.97. The minimum atomic E-state index is 0.866. The molecule has 0 saturated carbocycles. The van der Waals surface area contributed by atoms with Gasteiger partial charge in [-0.1, -0.05) is 36.4 Å². The summed E-state index contributed by atoms with van der Waals surface area (Å²) in [6, 6.07) is 10.6. The maximum atomic E-state index is 4.47. The van der Waals surface area contributed by atoms with Crippen LogP contribution in [0.4, 0.5) is 5.82 Å². The van der Waals surface area contributed by atoms with Gasteiger partial charge < -0.3 is 4.90 Å². The van der Waals surface area contributed by atoms with E-state index < -0.39 is 0 Å². The van der Waals surface area contributed by atoms with E-state index in [0.717, 1.165) is 36.4 Å². The Balaban J connectivity index is 1.64. The van der Waals surface area contributed by atoms with Crippen LogP contribution in [0.2, 0.25) is 0 Å². The van der Waals surface area contributed by atoms with E-state index in [1.807, 2.05) is 13.2 Å². The summed E-state index contributed by atoms with van der Waals surface area (Å²) < 4.78 is 1.79. The van der Waals surface area contributed by atoms with E-state index in [1.165, 1.54) is 11.1 Å². The maximum absolute atomic E-state index is 4.47. The summed E-state index contributed by atoms with van der Waals surface area (Å²) in [7, 11) is 1.91. The van der Waals surface area contributed by atoms with Gasteiger partial charge in [0.2, 0.25) is 0 Å². The third kappa shape index (κ3) is 2.15. The Bertz CT molecular complexity index is 835. The molecule has 1 aromatic carbocycles. The van der Waals surface area contributed by atoms with Crippen molar-refractivity contribution in [3.63, 3.8) is 0 Å². The lowest BCUT2D eigenvalue weighted by atomic mass is 9.99. The number of aryl methyl sites for hydroxylation is 1. The van der Waals surface area contributed by atoms with Gasteiger partial charge in [-0.05, 0) is 17.6 Å². The first kappa shape index (κ1) is 13.0. The number of benzene rings is 1. The quantitative estimate of drug-likeness (QED) is 0.728. The third-order valence-corrected chi connectivity index (χ3v) is 4.16. The molecular formula is C17H17N5. The summed E-state index contributed by atoms with van der Waals surface area (Å²) >= 11 is 0. The molecule has 0 saturated heterocycles. The summed E-state index contributed by atoms with van der Waals surface area (Å²) in [5.74, 6) is 0.974. The SMILES string of the molecule is Cn1ncc2c(N3CC=C(c4ccccc4)CC3)ncnc21. The molecule has 0 radical (unpaired) electrons. The van der Waals surface area contributed by atoms with Gasteiger partial charge in [-0.2, -0.15) is 5.10 Å². The molecule has 0 N–H and O–H groups in total. The highest BCUT2D eigenvalue weighted by Gasteiger charge is 2.18. The highest BCUT2D eigenvalue weighted by Crippen LogP contribution is 2.28. The Morgan fingerprint density at radius 1 is 1.09 bits per heavy atom. The zero-order valence-electron chi connectivity index (χ0n) is 12.5. The van der Waals surface area contributed by atoms with Crippen LogP contribution in [0.15, 0.2) is 48.9 Å². The first-order valence-corrected chi connectivity index (χ1v) is 7.45. The molecule has 5 nitrogen and oxygen atoms in total. The third-order valence-electron chi connectivity index (χ3n) is 4.16. The topological polar surface area (TPSA) is 46.8 Å². The van der Waals surface area contributed by atoms with Gasteiger partial charge in [0, 0.05) is 20.1 Å². The summed E-state index contributed by atoms with van der Waals surface area (Å²) in [6.45, 7) is 1.83. The lowest BCUT2D eigenvalue weighted by Crippen LogP contribution is -2.29. The van der Waals surface area contributed by atoms with E-state index >= 15 is 0 Å². The number of anilines is 1. The minimum absolute atomic E-state index is 0.866. The van der Waals surface area contributed by atoms with Gasteiger partial charge in [-0.15, -0.1) is 0 Å². The van der Waals surface area contributed by atoms with Gasteiger partial charge in [-0.3, -0.25) is 4.68 Å². The van der Waals surface area contributed by atoms with Crippen molar-refractivity contribution in [1.29, 1.82) is 0 Å². The monoisotopic (exact) mass is 291 g/mol. The van der Waals surface area contributed by atoms with Crippen LogP contribution in [0.25, 0.3) is 16.6 Å².